The van der Waals surface area contributed by atoms with E-state index in [9.17, 15) is 4.79 Å². The summed E-state index contributed by atoms with van der Waals surface area (Å²) in [6, 6.07) is 5.43. The summed E-state index contributed by atoms with van der Waals surface area (Å²) in [5.74, 6) is 1.48. The first-order valence-electron chi connectivity index (χ1n) is 7.58. The Morgan fingerprint density at radius 2 is 2.39 bits per heavy atom. The number of aryl methyl sites for hydroxylation is 1. The molecule has 2 N–H and O–H groups in total. The molecule has 0 spiro atoms. The highest BCUT2D eigenvalue weighted by Crippen LogP contribution is 2.31. The number of hydrogen-bond donors (Lipinski definition) is 2. The third-order valence-corrected chi connectivity index (χ3v) is 4.11. The van der Waals surface area contributed by atoms with Crippen molar-refractivity contribution in [2.24, 2.45) is 5.92 Å². The minimum atomic E-state index is -0.148. The van der Waals surface area contributed by atoms with Gasteiger partial charge in [-0.25, -0.2) is 4.98 Å². The summed E-state index contributed by atoms with van der Waals surface area (Å²) in [5, 5.41) is 9.66. The van der Waals surface area contributed by atoms with E-state index in [2.05, 4.69) is 20.5 Å². The van der Waals surface area contributed by atoms with Gasteiger partial charge in [0, 0.05) is 24.6 Å². The van der Waals surface area contributed by atoms with E-state index in [1.807, 2.05) is 13.0 Å². The first kappa shape index (κ1) is 15.5. The molecule has 1 aliphatic heterocycles. The van der Waals surface area contributed by atoms with E-state index in [0.29, 0.717) is 30.3 Å². The van der Waals surface area contributed by atoms with Gasteiger partial charge in [-0.3, -0.25) is 9.89 Å². The summed E-state index contributed by atoms with van der Waals surface area (Å²) in [6.45, 7) is 3.13. The van der Waals surface area contributed by atoms with Gasteiger partial charge in [-0.15, -0.1) is 0 Å². The molecule has 1 aromatic carbocycles. The molecule has 0 unspecified atom stereocenters. The number of methoxy groups -OCH3 is 1. The minimum Gasteiger partial charge on any atom is -0.496 e. The van der Waals surface area contributed by atoms with Crippen LogP contribution in [0, 0.1) is 12.8 Å². The van der Waals surface area contributed by atoms with E-state index in [-0.39, 0.29) is 17.9 Å². The van der Waals surface area contributed by atoms with E-state index in [0.717, 1.165) is 12.0 Å². The number of nitrogens with one attached hydrogen (secondary N) is 2. The summed E-state index contributed by atoms with van der Waals surface area (Å²) in [4.78, 5) is 16.5. The Morgan fingerprint density at radius 3 is 3.13 bits per heavy atom. The molecule has 0 radical (unpaired) electrons. The number of H-pyrrole nitrogens is 1. The fraction of sp³-hybridized carbons (Fsp3) is 0.438. The average Bonchev–Trinajstić information content (AvgIpc) is 3.23. The number of aromatic amines is 1. The minimum absolute atomic E-state index is 0.119. The first-order chi connectivity index (χ1) is 11.2. The predicted molar refractivity (Wildman–Crippen MR) is 83.2 cm³/mol. The fourth-order valence-corrected chi connectivity index (χ4v) is 2.78. The quantitative estimate of drug-likeness (QED) is 0.875. The van der Waals surface area contributed by atoms with E-state index < -0.39 is 0 Å². The van der Waals surface area contributed by atoms with Gasteiger partial charge in [0.2, 0.25) is 0 Å². The molecule has 7 heteroatoms. The monoisotopic (exact) mass is 316 g/mol. The zero-order valence-corrected chi connectivity index (χ0v) is 13.2. The van der Waals surface area contributed by atoms with Gasteiger partial charge in [-0.05, 0) is 31.0 Å². The number of carbonyl (C=O) groups is 1. The summed E-state index contributed by atoms with van der Waals surface area (Å²) in [7, 11) is 1.60. The van der Waals surface area contributed by atoms with Crippen LogP contribution in [0.1, 0.15) is 34.3 Å². The Morgan fingerprint density at radius 1 is 1.52 bits per heavy atom. The molecule has 122 valence electrons. The van der Waals surface area contributed by atoms with Gasteiger partial charge in [-0.2, -0.15) is 5.10 Å². The second kappa shape index (κ2) is 6.78. The number of hydrogen-bond acceptors (Lipinski definition) is 5. The number of ether oxygens (including phenoxy) is 2. The lowest BCUT2D eigenvalue weighted by molar-refractivity contribution is 0.0799. The van der Waals surface area contributed by atoms with E-state index >= 15 is 0 Å². The van der Waals surface area contributed by atoms with Crippen molar-refractivity contribution in [3.63, 3.8) is 0 Å². The summed E-state index contributed by atoms with van der Waals surface area (Å²) in [5.41, 5.74) is 1.58. The number of amides is 1. The van der Waals surface area contributed by atoms with Crippen LogP contribution in [0.5, 0.6) is 5.75 Å². The SMILES string of the molecule is COc1cc(C(=O)NC[C@@H]2CCO[C@@H]2c2ncn[nH]2)ccc1C. The Balaban J connectivity index is 1.62. The average molecular weight is 316 g/mol. The largest absolute Gasteiger partial charge is 0.496 e. The van der Waals surface area contributed by atoms with Crippen LogP contribution in [0.3, 0.4) is 0 Å². The van der Waals surface area contributed by atoms with Crippen LogP contribution in [0.15, 0.2) is 24.5 Å². The van der Waals surface area contributed by atoms with Crippen molar-refractivity contribution in [3.05, 3.63) is 41.5 Å². The fourth-order valence-electron chi connectivity index (χ4n) is 2.78. The van der Waals surface area contributed by atoms with Crippen LogP contribution in [0.2, 0.25) is 0 Å². The highest BCUT2D eigenvalue weighted by molar-refractivity contribution is 5.94. The summed E-state index contributed by atoms with van der Waals surface area (Å²) in [6.07, 6.45) is 2.19. The third kappa shape index (κ3) is 3.34. The maximum atomic E-state index is 12.3. The molecule has 3 rings (SSSR count). The molecular weight excluding hydrogens is 296 g/mol. The predicted octanol–water partition coefficient (Wildman–Crippen LogP) is 1.63. The normalized spacial score (nSPS) is 20.4. The standard InChI is InChI=1S/C16H20N4O3/c1-10-3-4-11(7-13(10)22-2)16(21)17-8-12-5-6-23-14(12)15-18-9-19-20-15/h3-4,7,9,12,14H,5-6,8H2,1-2H3,(H,17,21)(H,18,19,20)/t12-,14-/m0/s1. The molecule has 0 saturated carbocycles. The molecule has 1 aliphatic rings. The van der Waals surface area contributed by atoms with Crippen molar-refractivity contribution in [2.45, 2.75) is 19.4 Å². The molecule has 1 aromatic heterocycles. The van der Waals surface area contributed by atoms with E-state index in [4.69, 9.17) is 9.47 Å². The number of nitrogens with zero attached hydrogens (tertiary/aromatic N) is 2. The van der Waals surface area contributed by atoms with Gasteiger partial charge in [0.05, 0.1) is 7.11 Å². The summed E-state index contributed by atoms with van der Waals surface area (Å²) >= 11 is 0. The van der Waals surface area contributed by atoms with Crippen LogP contribution in [-0.2, 0) is 4.74 Å². The van der Waals surface area contributed by atoms with Gasteiger partial charge in [0.1, 0.15) is 18.2 Å². The molecule has 2 atom stereocenters. The highest BCUT2D eigenvalue weighted by atomic mass is 16.5. The Labute approximate surface area is 134 Å². The first-order valence-corrected chi connectivity index (χ1v) is 7.58. The molecule has 1 fully saturated rings. The van der Waals surface area contributed by atoms with Crippen LogP contribution < -0.4 is 10.1 Å². The van der Waals surface area contributed by atoms with Crippen molar-refractivity contribution in [1.29, 1.82) is 0 Å². The molecule has 23 heavy (non-hydrogen) atoms. The second-order valence-corrected chi connectivity index (χ2v) is 5.61. The Bertz CT molecular complexity index is 672. The number of carbonyl (C=O) groups excluding carboxylic acids is 1. The Kier molecular flexibility index (Phi) is 4.57. The number of rotatable bonds is 5. The van der Waals surface area contributed by atoms with E-state index in [1.54, 1.807) is 19.2 Å². The topological polar surface area (TPSA) is 89.1 Å². The van der Waals surface area contributed by atoms with Crippen molar-refractivity contribution >= 4 is 5.91 Å². The van der Waals surface area contributed by atoms with Crippen LogP contribution in [-0.4, -0.2) is 41.3 Å². The molecule has 0 bridgehead atoms. The molecule has 1 amide bonds. The lowest BCUT2D eigenvalue weighted by Crippen LogP contribution is -2.30. The Hall–Kier alpha value is -2.41. The van der Waals surface area contributed by atoms with Crippen molar-refractivity contribution < 1.29 is 14.3 Å². The lowest BCUT2D eigenvalue weighted by atomic mass is 10.0. The number of benzene rings is 1. The van der Waals surface area contributed by atoms with Crippen molar-refractivity contribution in [3.8, 4) is 5.75 Å². The maximum absolute atomic E-state index is 12.3. The molecular formula is C16H20N4O3. The van der Waals surface area contributed by atoms with Crippen molar-refractivity contribution in [1.82, 2.24) is 20.5 Å². The maximum Gasteiger partial charge on any atom is 0.251 e. The van der Waals surface area contributed by atoms with Gasteiger partial charge >= 0.3 is 0 Å². The summed E-state index contributed by atoms with van der Waals surface area (Å²) < 4.78 is 11.0. The zero-order valence-electron chi connectivity index (χ0n) is 13.2. The van der Waals surface area contributed by atoms with Gasteiger partial charge in [0.15, 0.2) is 5.82 Å². The molecule has 1 saturated heterocycles. The van der Waals surface area contributed by atoms with Crippen LogP contribution >= 0.6 is 0 Å². The van der Waals surface area contributed by atoms with Crippen LogP contribution in [0.4, 0.5) is 0 Å². The number of aromatic nitrogens is 3. The molecule has 2 aromatic rings. The third-order valence-electron chi connectivity index (χ3n) is 4.11. The zero-order chi connectivity index (χ0) is 16.2. The van der Waals surface area contributed by atoms with E-state index in [1.165, 1.54) is 6.33 Å². The van der Waals surface area contributed by atoms with Gasteiger partial charge in [0.25, 0.3) is 5.91 Å². The highest BCUT2D eigenvalue weighted by Gasteiger charge is 2.32. The molecule has 0 aliphatic carbocycles. The van der Waals surface area contributed by atoms with Crippen molar-refractivity contribution in [2.75, 3.05) is 20.3 Å². The lowest BCUT2D eigenvalue weighted by Gasteiger charge is -2.17. The van der Waals surface area contributed by atoms with Crippen LogP contribution in [0.25, 0.3) is 0 Å². The second-order valence-electron chi connectivity index (χ2n) is 5.61. The smallest absolute Gasteiger partial charge is 0.251 e. The molecule has 7 nitrogen and oxygen atoms in total. The van der Waals surface area contributed by atoms with Gasteiger partial charge in [-0.1, -0.05) is 6.07 Å². The van der Waals surface area contributed by atoms with Gasteiger partial charge < -0.3 is 14.8 Å². The molecule has 2 heterocycles.